The largest absolute Gasteiger partial charge is 0.494 e. The first-order valence-corrected chi connectivity index (χ1v) is 10.5. The summed E-state index contributed by atoms with van der Waals surface area (Å²) in [5.74, 6) is 0.878. The van der Waals surface area contributed by atoms with Crippen molar-refractivity contribution in [3.63, 3.8) is 0 Å². The Labute approximate surface area is 154 Å². The van der Waals surface area contributed by atoms with E-state index in [-0.39, 0.29) is 5.56 Å². The predicted octanol–water partition coefficient (Wildman–Crippen LogP) is 4.68. The summed E-state index contributed by atoms with van der Waals surface area (Å²) in [4.78, 5) is 15.3. The smallest absolute Gasteiger partial charge is 0.268 e. The van der Waals surface area contributed by atoms with Gasteiger partial charge in [-0.1, -0.05) is 38.2 Å². The zero-order valence-electron chi connectivity index (χ0n) is 15.5. The fraction of sp³-hybridized carbons (Fsp3) is 0.650. The lowest BCUT2D eigenvalue weighted by Crippen LogP contribution is -2.36. The molecule has 2 aromatic rings. The van der Waals surface area contributed by atoms with E-state index in [9.17, 15) is 4.79 Å². The minimum Gasteiger partial charge on any atom is -0.494 e. The molecule has 0 amide bonds. The van der Waals surface area contributed by atoms with Gasteiger partial charge in [0.25, 0.3) is 5.56 Å². The fourth-order valence-electron chi connectivity index (χ4n) is 3.44. The van der Waals surface area contributed by atoms with Crippen LogP contribution in [0.3, 0.4) is 0 Å². The summed E-state index contributed by atoms with van der Waals surface area (Å²) in [5.41, 5.74) is 0.173. The molecule has 0 saturated carbocycles. The van der Waals surface area contributed by atoms with Crippen LogP contribution in [0.25, 0.3) is 10.1 Å². The Morgan fingerprint density at radius 3 is 2.64 bits per heavy atom. The molecule has 1 aliphatic rings. The normalized spacial score (nSPS) is 16.6. The number of fused-ring (bicyclic) bond motifs is 1. The fourth-order valence-corrected chi connectivity index (χ4v) is 4.62. The van der Waals surface area contributed by atoms with E-state index in [1.54, 1.807) is 11.5 Å². The highest BCUT2D eigenvalue weighted by atomic mass is 32.1. The molecule has 0 atom stereocenters. The van der Waals surface area contributed by atoms with E-state index in [2.05, 4.69) is 18.7 Å². The lowest BCUT2D eigenvalue weighted by Gasteiger charge is -2.31. The van der Waals surface area contributed by atoms with Gasteiger partial charge in [-0.25, -0.2) is 0 Å². The van der Waals surface area contributed by atoms with E-state index in [1.807, 2.05) is 22.2 Å². The Hall–Kier alpha value is -1.33. The third kappa shape index (κ3) is 4.45. The van der Waals surface area contributed by atoms with E-state index in [0.717, 1.165) is 61.2 Å². The zero-order valence-corrected chi connectivity index (χ0v) is 16.3. The average Bonchev–Trinajstić information content (AvgIpc) is 2.97. The topological polar surface area (TPSA) is 34.5 Å². The molecule has 2 heterocycles. The second kappa shape index (κ2) is 8.86. The number of benzene rings is 1. The third-order valence-electron chi connectivity index (χ3n) is 5.06. The number of nitrogens with zero attached hydrogens (tertiary/aromatic N) is 2. The van der Waals surface area contributed by atoms with Crippen LogP contribution in [0.15, 0.2) is 23.0 Å². The Kier molecular flexibility index (Phi) is 6.54. The Morgan fingerprint density at radius 2 is 1.92 bits per heavy atom. The molecule has 0 N–H and O–H groups in total. The summed E-state index contributed by atoms with van der Waals surface area (Å²) in [6.45, 7) is 8.56. The van der Waals surface area contributed by atoms with Crippen molar-refractivity contribution in [2.24, 2.45) is 0 Å². The molecule has 1 aromatic heterocycles. The van der Waals surface area contributed by atoms with Crippen LogP contribution in [-0.2, 0) is 0 Å². The highest BCUT2D eigenvalue weighted by molar-refractivity contribution is 7.13. The molecule has 4 nitrogen and oxygen atoms in total. The van der Waals surface area contributed by atoms with Gasteiger partial charge in [-0.2, -0.15) is 0 Å². The van der Waals surface area contributed by atoms with Crippen LogP contribution in [0.5, 0.6) is 5.75 Å². The van der Waals surface area contributed by atoms with Gasteiger partial charge in [0, 0.05) is 13.1 Å². The minimum atomic E-state index is 0.173. The van der Waals surface area contributed by atoms with Crippen molar-refractivity contribution in [2.45, 2.75) is 58.4 Å². The molecule has 5 heteroatoms. The predicted molar refractivity (Wildman–Crippen MR) is 106 cm³/mol. The van der Waals surface area contributed by atoms with Crippen LogP contribution in [0.4, 0.5) is 0 Å². The van der Waals surface area contributed by atoms with E-state index in [1.165, 1.54) is 19.4 Å². The summed E-state index contributed by atoms with van der Waals surface area (Å²) in [7, 11) is 0. The molecule has 1 aromatic carbocycles. The van der Waals surface area contributed by atoms with Gasteiger partial charge < -0.3 is 9.64 Å². The number of rotatable bonds is 8. The molecule has 1 fully saturated rings. The molecule has 0 aliphatic carbocycles. The van der Waals surface area contributed by atoms with Crippen molar-refractivity contribution in [1.29, 1.82) is 0 Å². The summed E-state index contributed by atoms with van der Waals surface area (Å²) < 4.78 is 8.85. The van der Waals surface area contributed by atoms with E-state index < -0.39 is 0 Å². The van der Waals surface area contributed by atoms with E-state index in [0.29, 0.717) is 6.04 Å². The van der Waals surface area contributed by atoms with E-state index >= 15 is 0 Å². The van der Waals surface area contributed by atoms with Crippen molar-refractivity contribution in [3.05, 3.63) is 28.6 Å². The number of piperidine rings is 1. The van der Waals surface area contributed by atoms with Crippen molar-refractivity contribution in [3.8, 4) is 5.75 Å². The molecule has 1 aliphatic heterocycles. The van der Waals surface area contributed by atoms with Crippen LogP contribution in [-0.4, -0.2) is 35.1 Å². The van der Waals surface area contributed by atoms with Crippen LogP contribution in [0, 0.1) is 0 Å². The average molecular weight is 363 g/mol. The maximum atomic E-state index is 12.8. The Balaban J connectivity index is 1.70. The zero-order chi connectivity index (χ0) is 17.6. The molecule has 1 saturated heterocycles. The lowest BCUT2D eigenvalue weighted by atomic mass is 10.1. The number of hydrogen-bond acceptors (Lipinski definition) is 4. The number of ether oxygens (including phenoxy) is 1. The first-order chi connectivity index (χ1) is 12.2. The summed E-state index contributed by atoms with van der Waals surface area (Å²) in [6.07, 6.45) is 6.87. The van der Waals surface area contributed by atoms with Gasteiger partial charge in [-0.3, -0.25) is 8.75 Å². The van der Waals surface area contributed by atoms with Gasteiger partial charge in [-0.15, -0.1) is 0 Å². The highest BCUT2D eigenvalue weighted by Gasteiger charge is 2.23. The second-order valence-corrected chi connectivity index (χ2v) is 8.02. The Morgan fingerprint density at radius 1 is 1.16 bits per heavy atom. The lowest BCUT2D eigenvalue weighted by molar-refractivity contribution is 0.188. The number of likely N-dealkylation sites (tertiary alicyclic amines) is 1. The molecule has 3 rings (SSSR count). The van der Waals surface area contributed by atoms with Gasteiger partial charge in [0.05, 0.1) is 22.7 Å². The van der Waals surface area contributed by atoms with Crippen molar-refractivity contribution in [1.82, 2.24) is 8.86 Å². The first-order valence-electron chi connectivity index (χ1n) is 9.73. The van der Waals surface area contributed by atoms with Crippen LogP contribution < -0.4 is 10.3 Å². The van der Waals surface area contributed by atoms with E-state index in [4.69, 9.17) is 4.74 Å². The monoisotopic (exact) mass is 362 g/mol. The quantitative estimate of drug-likeness (QED) is 0.640. The summed E-state index contributed by atoms with van der Waals surface area (Å²) >= 11 is 1.61. The second-order valence-electron chi connectivity index (χ2n) is 7.01. The standard InChI is InChI=1S/C20H30N2O2S/c1-3-5-11-21-12-9-16(10-13-21)22-20(23)18-8-7-17(15-19(18)25-22)24-14-6-4-2/h7-8,15-16H,3-6,9-14H2,1-2H3. The van der Waals surface area contributed by atoms with Gasteiger partial charge in [0.1, 0.15) is 5.75 Å². The van der Waals surface area contributed by atoms with Gasteiger partial charge in [-0.05, 0) is 50.4 Å². The van der Waals surface area contributed by atoms with Crippen LogP contribution >= 0.6 is 11.5 Å². The molecule has 25 heavy (non-hydrogen) atoms. The first kappa shape index (κ1) is 18.5. The maximum Gasteiger partial charge on any atom is 0.268 e. The van der Waals surface area contributed by atoms with Crippen LogP contribution in [0.2, 0.25) is 0 Å². The van der Waals surface area contributed by atoms with Gasteiger partial charge in [0.2, 0.25) is 0 Å². The van der Waals surface area contributed by atoms with Gasteiger partial charge in [0.15, 0.2) is 0 Å². The van der Waals surface area contributed by atoms with Crippen molar-refractivity contribution >= 4 is 21.6 Å². The number of hydrogen-bond donors (Lipinski definition) is 0. The van der Waals surface area contributed by atoms with Crippen molar-refractivity contribution in [2.75, 3.05) is 26.2 Å². The molecule has 0 bridgehead atoms. The van der Waals surface area contributed by atoms with Crippen LogP contribution in [0.1, 0.15) is 58.4 Å². The molecular weight excluding hydrogens is 332 g/mol. The number of unbranched alkanes of at least 4 members (excludes halogenated alkanes) is 2. The molecule has 0 unspecified atom stereocenters. The number of aromatic nitrogens is 1. The SMILES string of the molecule is CCCCOc1ccc2c(=O)n(C3CCN(CCCC)CC3)sc2c1. The molecule has 0 radical (unpaired) electrons. The summed E-state index contributed by atoms with van der Waals surface area (Å²) in [5, 5.41) is 0.834. The maximum absolute atomic E-state index is 12.8. The molecule has 138 valence electrons. The molecule has 0 spiro atoms. The third-order valence-corrected chi connectivity index (χ3v) is 6.26. The highest BCUT2D eigenvalue weighted by Crippen LogP contribution is 2.29. The summed E-state index contributed by atoms with van der Waals surface area (Å²) in [6, 6.07) is 6.25. The minimum absolute atomic E-state index is 0.173. The molecular formula is C20H30N2O2S. The van der Waals surface area contributed by atoms with Gasteiger partial charge >= 0.3 is 0 Å². The van der Waals surface area contributed by atoms with Crippen molar-refractivity contribution < 1.29 is 4.74 Å². The Bertz CT molecular complexity index is 729.